The van der Waals surface area contributed by atoms with Crippen LogP contribution >= 0.6 is 0 Å². The van der Waals surface area contributed by atoms with E-state index in [-0.39, 0.29) is 23.6 Å². The summed E-state index contributed by atoms with van der Waals surface area (Å²) < 4.78 is 0. The number of imidazole rings is 1. The molecule has 1 aromatic heterocycles. The second kappa shape index (κ2) is 4.91. The first-order valence-corrected chi connectivity index (χ1v) is 7.15. The Bertz CT molecular complexity index is 905. The molecule has 1 atom stereocenters. The van der Waals surface area contributed by atoms with Gasteiger partial charge in [-0.3, -0.25) is 4.90 Å². The predicted octanol–water partition coefficient (Wildman–Crippen LogP) is 2.25. The molecule has 4 N–H and O–H groups in total. The number of nitrogens with one attached hydrogen (secondary N) is 2. The molecule has 2 amide bonds. The number of H-pyrrole nitrogens is 1. The van der Waals surface area contributed by atoms with Crippen LogP contribution in [0.5, 0.6) is 11.5 Å². The van der Waals surface area contributed by atoms with Crippen LogP contribution in [-0.2, 0) is 0 Å². The van der Waals surface area contributed by atoms with Crippen LogP contribution < -0.4 is 10.2 Å². The lowest BCUT2D eigenvalue weighted by molar-refractivity contribution is 0.251. The SMILES string of the molecule is O=C1NCC(c2ccc(O)c(O)c2)N1c1ccc2[nH]cnc2c1. The van der Waals surface area contributed by atoms with Gasteiger partial charge in [0, 0.05) is 12.2 Å². The first-order chi connectivity index (χ1) is 11.1. The lowest BCUT2D eigenvalue weighted by Gasteiger charge is -2.23. The zero-order valence-electron chi connectivity index (χ0n) is 12.0. The van der Waals surface area contributed by atoms with E-state index >= 15 is 0 Å². The average molecular weight is 310 g/mol. The number of hydrogen-bond acceptors (Lipinski definition) is 4. The molecule has 1 fully saturated rings. The van der Waals surface area contributed by atoms with Crippen molar-refractivity contribution in [2.75, 3.05) is 11.4 Å². The van der Waals surface area contributed by atoms with Crippen molar-refractivity contribution in [2.45, 2.75) is 6.04 Å². The van der Waals surface area contributed by atoms with Gasteiger partial charge in [-0.2, -0.15) is 0 Å². The van der Waals surface area contributed by atoms with Crippen molar-refractivity contribution < 1.29 is 15.0 Å². The van der Waals surface area contributed by atoms with Crippen LogP contribution in [-0.4, -0.2) is 32.8 Å². The molecule has 0 spiro atoms. The van der Waals surface area contributed by atoms with Crippen molar-refractivity contribution in [3.8, 4) is 11.5 Å². The van der Waals surface area contributed by atoms with Crippen LogP contribution in [0.2, 0.25) is 0 Å². The van der Waals surface area contributed by atoms with Crippen LogP contribution in [0.4, 0.5) is 10.5 Å². The number of rotatable bonds is 2. The fraction of sp³-hybridized carbons (Fsp3) is 0.125. The van der Waals surface area contributed by atoms with Crippen LogP contribution in [0.3, 0.4) is 0 Å². The highest BCUT2D eigenvalue weighted by Crippen LogP contribution is 2.35. The zero-order valence-corrected chi connectivity index (χ0v) is 12.0. The highest BCUT2D eigenvalue weighted by Gasteiger charge is 2.33. The highest BCUT2D eigenvalue weighted by atomic mass is 16.3. The molecule has 3 aromatic rings. The highest BCUT2D eigenvalue weighted by molar-refractivity contribution is 5.97. The lowest BCUT2D eigenvalue weighted by atomic mass is 10.0. The van der Waals surface area contributed by atoms with Gasteiger partial charge >= 0.3 is 6.03 Å². The number of aromatic amines is 1. The first-order valence-electron chi connectivity index (χ1n) is 7.15. The third kappa shape index (κ3) is 2.13. The van der Waals surface area contributed by atoms with E-state index in [1.807, 2.05) is 18.2 Å². The number of phenols is 2. The van der Waals surface area contributed by atoms with Gasteiger partial charge in [-0.1, -0.05) is 6.07 Å². The molecular weight excluding hydrogens is 296 g/mol. The van der Waals surface area contributed by atoms with Gasteiger partial charge in [0.05, 0.1) is 23.4 Å². The molecule has 23 heavy (non-hydrogen) atoms. The summed E-state index contributed by atoms with van der Waals surface area (Å²) in [4.78, 5) is 21.1. The van der Waals surface area contributed by atoms with Crippen LogP contribution in [0, 0.1) is 0 Å². The molecule has 7 nitrogen and oxygen atoms in total. The Morgan fingerprint density at radius 2 is 2.00 bits per heavy atom. The number of benzene rings is 2. The summed E-state index contributed by atoms with van der Waals surface area (Å²) in [6, 6.07) is 9.66. The monoisotopic (exact) mass is 310 g/mol. The standard InChI is InChI=1S/C16H14N4O3/c21-14-4-1-9(5-15(14)22)13-7-17-16(23)20(13)10-2-3-11-12(6-10)19-8-18-11/h1-6,8,13,21-22H,7H2,(H,17,23)(H,18,19). The number of amides is 2. The fourth-order valence-corrected chi connectivity index (χ4v) is 2.88. The Morgan fingerprint density at radius 3 is 2.83 bits per heavy atom. The first kappa shape index (κ1) is 13.4. The number of hydrogen-bond donors (Lipinski definition) is 4. The molecule has 1 aliphatic rings. The van der Waals surface area contributed by atoms with Crippen LogP contribution in [0.1, 0.15) is 11.6 Å². The maximum absolute atomic E-state index is 12.3. The van der Waals surface area contributed by atoms with E-state index in [1.54, 1.807) is 17.3 Å². The zero-order chi connectivity index (χ0) is 16.0. The molecule has 7 heteroatoms. The van der Waals surface area contributed by atoms with Crippen molar-refractivity contribution in [1.82, 2.24) is 15.3 Å². The van der Waals surface area contributed by atoms with Crippen molar-refractivity contribution in [3.05, 3.63) is 48.3 Å². The normalized spacial score (nSPS) is 17.7. The lowest BCUT2D eigenvalue weighted by Crippen LogP contribution is -2.29. The van der Waals surface area contributed by atoms with Crippen LogP contribution in [0.25, 0.3) is 11.0 Å². The topological polar surface area (TPSA) is 101 Å². The van der Waals surface area contributed by atoms with Crippen molar-refractivity contribution in [1.29, 1.82) is 0 Å². The molecular formula is C16H14N4O3. The van der Waals surface area contributed by atoms with E-state index in [2.05, 4.69) is 15.3 Å². The predicted molar refractivity (Wildman–Crippen MR) is 84.5 cm³/mol. The third-order valence-electron chi connectivity index (χ3n) is 4.04. The summed E-state index contributed by atoms with van der Waals surface area (Å²) in [6.07, 6.45) is 1.61. The molecule has 116 valence electrons. The number of phenolic OH excluding ortho intramolecular Hbond substituents is 2. The Morgan fingerprint density at radius 1 is 1.13 bits per heavy atom. The van der Waals surface area contributed by atoms with E-state index in [4.69, 9.17) is 0 Å². The summed E-state index contributed by atoms with van der Waals surface area (Å²) in [5.41, 5.74) is 3.12. The second-order valence-corrected chi connectivity index (χ2v) is 5.42. The maximum Gasteiger partial charge on any atom is 0.322 e. The van der Waals surface area contributed by atoms with Gasteiger partial charge in [-0.15, -0.1) is 0 Å². The number of fused-ring (bicyclic) bond motifs is 1. The van der Waals surface area contributed by atoms with Gasteiger partial charge in [0.15, 0.2) is 11.5 Å². The summed E-state index contributed by atoms with van der Waals surface area (Å²) in [5.74, 6) is -0.389. The van der Waals surface area contributed by atoms with Gasteiger partial charge in [-0.05, 0) is 35.9 Å². The smallest absolute Gasteiger partial charge is 0.322 e. The number of carbonyl (C=O) groups excluding carboxylic acids is 1. The van der Waals surface area contributed by atoms with E-state index in [0.29, 0.717) is 6.54 Å². The molecule has 2 aromatic carbocycles. The summed E-state index contributed by atoms with van der Waals surface area (Å²) in [7, 11) is 0. The third-order valence-corrected chi connectivity index (χ3v) is 4.04. The van der Waals surface area contributed by atoms with Gasteiger partial charge in [0.2, 0.25) is 0 Å². The minimum Gasteiger partial charge on any atom is -0.504 e. The largest absolute Gasteiger partial charge is 0.504 e. The summed E-state index contributed by atoms with van der Waals surface area (Å²) in [6.45, 7) is 0.418. The van der Waals surface area contributed by atoms with Crippen molar-refractivity contribution in [3.63, 3.8) is 0 Å². The van der Waals surface area contributed by atoms with Gasteiger partial charge in [0.25, 0.3) is 0 Å². The van der Waals surface area contributed by atoms with Gasteiger partial charge in [0.1, 0.15) is 0 Å². The summed E-state index contributed by atoms with van der Waals surface area (Å²) in [5, 5.41) is 22.0. The van der Waals surface area contributed by atoms with E-state index in [9.17, 15) is 15.0 Å². The van der Waals surface area contributed by atoms with Gasteiger partial charge < -0.3 is 20.5 Å². The Hall–Kier alpha value is -3.22. The Balaban J connectivity index is 1.77. The molecule has 2 heterocycles. The second-order valence-electron chi connectivity index (χ2n) is 5.42. The molecule has 0 saturated carbocycles. The quantitative estimate of drug-likeness (QED) is 0.545. The number of anilines is 1. The minimum absolute atomic E-state index is 0.185. The van der Waals surface area contributed by atoms with E-state index in [1.165, 1.54) is 12.1 Å². The van der Waals surface area contributed by atoms with E-state index < -0.39 is 0 Å². The van der Waals surface area contributed by atoms with Gasteiger partial charge in [-0.25, -0.2) is 9.78 Å². The number of aromatic hydroxyl groups is 2. The molecule has 4 rings (SSSR count). The molecule has 1 unspecified atom stereocenters. The molecule has 0 aliphatic carbocycles. The fourth-order valence-electron chi connectivity index (χ4n) is 2.88. The Kier molecular flexibility index (Phi) is 2.87. The number of carbonyl (C=O) groups is 1. The number of nitrogens with zero attached hydrogens (tertiary/aromatic N) is 2. The average Bonchev–Trinajstić information content (AvgIpc) is 3.15. The van der Waals surface area contributed by atoms with Crippen molar-refractivity contribution >= 4 is 22.8 Å². The Labute approximate surface area is 131 Å². The van der Waals surface area contributed by atoms with E-state index in [0.717, 1.165) is 22.3 Å². The minimum atomic E-state index is -0.273. The molecule has 0 bridgehead atoms. The number of urea groups is 1. The summed E-state index contributed by atoms with van der Waals surface area (Å²) >= 11 is 0. The maximum atomic E-state index is 12.3. The molecule has 1 saturated heterocycles. The molecule has 1 aliphatic heterocycles. The number of aromatic nitrogens is 2. The van der Waals surface area contributed by atoms with Crippen LogP contribution in [0.15, 0.2) is 42.7 Å². The molecule has 0 radical (unpaired) electrons. The van der Waals surface area contributed by atoms with Crippen molar-refractivity contribution in [2.24, 2.45) is 0 Å².